The fourth-order valence-corrected chi connectivity index (χ4v) is 1.95. The minimum absolute atomic E-state index is 0.354. The molecule has 0 saturated carbocycles. The molecule has 2 unspecified atom stereocenters. The van der Waals surface area contributed by atoms with E-state index in [0.29, 0.717) is 11.1 Å². The fraction of sp³-hybridized carbons (Fsp3) is 0.353. The molecule has 1 aromatic rings. The standard InChI is InChI=1S/C15H18N2O3.C2H6O/c1-9-5-4-6-11-13(9)15(18)20-14(17-11)10(2)7-8-12(16)19-3;1-3-2/h4-8,12,14,17H,2,16H2,1,3H3;1-2H3/b8-7-;. The summed E-state index contributed by atoms with van der Waals surface area (Å²) < 4.78 is 14.5. The van der Waals surface area contributed by atoms with E-state index in [1.807, 2.05) is 25.1 Å². The Balaban J connectivity index is 0.000000816. The summed E-state index contributed by atoms with van der Waals surface area (Å²) in [6.07, 6.45) is 2.21. The van der Waals surface area contributed by atoms with E-state index in [1.165, 1.54) is 7.11 Å². The van der Waals surface area contributed by atoms with Crippen LogP contribution in [0.3, 0.4) is 0 Å². The summed E-state index contributed by atoms with van der Waals surface area (Å²) in [6.45, 7) is 5.75. The second-order valence-electron chi connectivity index (χ2n) is 4.97. The van der Waals surface area contributed by atoms with Crippen molar-refractivity contribution in [1.82, 2.24) is 0 Å². The number of aryl methyl sites for hydroxylation is 1. The number of nitrogens with two attached hydrogens (primary N) is 1. The molecule has 0 radical (unpaired) electrons. The summed E-state index contributed by atoms with van der Waals surface area (Å²) in [6, 6.07) is 5.60. The van der Waals surface area contributed by atoms with Gasteiger partial charge < -0.3 is 25.3 Å². The van der Waals surface area contributed by atoms with E-state index >= 15 is 0 Å². The van der Waals surface area contributed by atoms with Crippen LogP contribution in [0.25, 0.3) is 0 Å². The molecule has 1 aromatic carbocycles. The Morgan fingerprint density at radius 1 is 1.43 bits per heavy atom. The molecule has 0 saturated heterocycles. The summed E-state index contributed by atoms with van der Waals surface area (Å²) in [4.78, 5) is 12.0. The monoisotopic (exact) mass is 320 g/mol. The van der Waals surface area contributed by atoms with Crippen molar-refractivity contribution >= 4 is 11.7 Å². The first-order valence-corrected chi connectivity index (χ1v) is 7.07. The second kappa shape index (κ2) is 9.09. The van der Waals surface area contributed by atoms with Gasteiger partial charge in [0.25, 0.3) is 0 Å². The molecule has 6 nitrogen and oxygen atoms in total. The molecular formula is C17H24N2O4. The van der Waals surface area contributed by atoms with Gasteiger partial charge in [-0.2, -0.15) is 0 Å². The Hall–Kier alpha value is -2.15. The predicted octanol–water partition coefficient (Wildman–Crippen LogP) is 2.21. The van der Waals surface area contributed by atoms with Crippen LogP contribution in [0.15, 0.2) is 42.5 Å². The van der Waals surface area contributed by atoms with Crippen LogP contribution in [0.1, 0.15) is 15.9 Å². The molecule has 1 heterocycles. The van der Waals surface area contributed by atoms with Crippen molar-refractivity contribution in [2.75, 3.05) is 26.6 Å². The maximum atomic E-state index is 12.0. The number of ether oxygens (including phenoxy) is 3. The van der Waals surface area contributed by atoms with E-state index < -0.39 is 12.5 Å². The lowest BCUT2D eigenvalue weighted by Crippen LogP contribution is -2.33. The highest BCUT2D eigenvalue weighted by molar-refractivity contribution is 5.99. The number of esters is 1. The largest absolute Gasteiger partial charge is 0.434 e. The van der Waals surface area contributed by atoms with Crippen LogP contribution in [0.5, 0.6) is 0 Å². The zero-order chi connectivity index (χ0) is 17.4. The van der Waals surface area contributed by atoms with Crippen molar-refractivity contribution in [2.45, 2.75) is 19.4 Å². The van der Waals surface area contributed by atoms with Gasteiger partial charge in [0.1, 0.15) is 6.23 Å². The molecule has 2 rings (SSSR count). The smallest absolute Gasteiger partial charge is 0.342 e. The predicted molar refractivity (Wildman–Crippen MR) is 90.2 cm³/mol. The molecule has 0 aromatic heterocycles. The minimum Gasteiger partial charge on any atom is -0.434 e. The number of methoxy groups -OCH3 is 2. The molecule has 1 aliphatic rings. The van der Waals surface area contributed by atoms with Gasteiger partial charge in [0, 0.05) is 26.9 Å². The van der Waals surface area contributed by atoms with Gasteiger partial charge in [0.05, 0.1) is 11.3 Å². The first kappa shape index (κ1) is 18.9. The number of nitrogens with one attached hydrogen (secondary N) is 1. The van der Waals surface area contributed by atoms with Gasteiger partial charge >= 0.3 is 5.97 Å². The summed E-state index contributed by atoms with van der Waals surface area (Å²) in [5.41, 5.74) is 8.38. The highest BCUT2D eigenvalue weighted by Crippen LogP contribution is 2.28. The number of carbonyl (C=O) groups excluding carboxylic acids is 1. The van der Waals surface area contributed by atoms with E-state index in [9.17, 15) is 4.79 Å². The van der Waals surface area contributed by atoms with E-state index in [-0.39, 0.29) is 5.97 Å². The molecule has 0 spiro atoms. The average Bonchev–Trinajstić information content (AvgIpc) is 2.52. The molecule has 0 aliphatic carbocycles. The third-order valence-electron chi connectivity index (χ3n) is 3.10. The lowest BCUT2D eigenvalue weighted by atomic mass is 10.0. The maximum absolute atomic E-state index is 12.0. The lowest BCUT2D eigenvalue weighted by Gasteiger charge is -2.28. The Bertz CT molecular complexity index is 584. The molecule has 2 atom stereocenters. The van der Waals surface area contributed by atoms with Gasteiger partial charge in [-0.15, -0.1) is 0 Å². The number of anilines is 1. The van der Waals surface area contributed by atoms with Crippen molar-refractivity contribution in [2.24, 2.45) is 5.73 Å². The zero-order valence-corrected chi connectivity index (χ0v) is 14.0. The Morgan fingerprint density at radius 3 is 2.70 bits per heavy atom. The minimum atomic E-state index is -0.600. The molecule has 0 bridgehead atoms. The number of fused-ring (bicyclic) bond motifs is 1. The summed E-state index contributed by atoms with van der Waals surface area (Å²) >= 11 is 0. The van der Waals surface area contributed by atoms with Gasteiger partial charge in [-0.05, 0) is 24.6 Å². The average molecular weight is 320 g/mol. The summed E-state index contributed by atoms with van der Waals surface area (Å²) in [5, 5.41) is 3.13. The first-order valence-electron chi connectivity index (χ1n) is 7.07. The van der Waals surface area contributed by atoms with E-state index in [0.717, 1.165) is 11.3 Å². The Kier molecular flexibility index (Phi) is 7.47. The third kappa shape index (κ3) is 5.21. The third-order valence-corrected chi connectivity index (χ3v) is 3.10. The van der Waals surface area contributed by atoms with Crippen LogP contribution >= 0.6 is 0 Å². The molecule has 1 aliphatic heterocycles. The molecule has 23 heavy (non-hydrogen) atoms. The molecule has 126 valence electrons. The molecular weight excluding hydrogens is 296 g/mol. The van der Waals surface area contributed by atoms with Gasteiger partial charge in [-0.3, -0.25) is 0 Å². The van der Waals surface area contributed by atoms with Crippen LogP contribution < -0.4 is 11.1 Å². The zero-order valence-electron chi connectivity index (χ0n) is 14.0. The van der Waals surface area contributed by atoms with Crippen molar-refractivity contribution in [3.05, 3.63) is 53.6 Å². The van der Waals surface area contributed by atoms with E-state index in [2.05, 4.69) is 16.6 Å². The molecule has 3 N–H and O–H groups in total. The van der Waals surface area contributed by atoms with E-state index in [1.54, 1.807) is 26.4 Å². The number of rotatable bonds is 4. The number of hydrogen-bond donors (Lipinski definition) is 2. The Morgan fingerprint density at radius 2 is 2.09 bits per heavy atom. The maximum Gasteiger partial charge on any atom is 0.342 e. The number of hydrogen-bond acceptors (Lipinski definition) is 6. The quantitative estimate of drug-likeness (QED) is 0.503. The van der Waals surface area contributed by atoms with Crippen LogP contribution in [0.2, 0.25) is 0 Å². The molecule has 0 amide bonds. The first-order chi connectivity index (χ1) is 10.9. The van der Waals surface area contributed by atoms with Gasteiger partial charge in [0.2, 0.25) is 0 Å². The lowest BCUT2D eigenvalue weighted by molar-refractivity contribution is 0.0403. The highest BCUT2D eigenvalue weighted by atomic mass is 16.6. The van der Waals surface area contributed by atoms with Crippen molar-refractivity contribution in [1.29, 1.82) is 0 Å². The van der Waals surface area contributed by atoms with Gasteiger partial charge in [-0.25, -0.2) is 4.79 Å². The fourth-order valence-electron chi connectivity index (χ4n) is 1.95. The molecule has 6 heteroatoms. The van der Waals surface area contributed by atoms with Gasteiger partial charge in [-0.1, -0.05) is 24.8 Å². The topological polar surface area (TPSA) is 82.8 Å². The van der Waals surface area contributed by atoms with Crippen molar-refractivity contribution in [3.63, 3.8) is 0 Å². The number of carbonyl (C=O) groups is 1. The summed E-state index contributed by atoms with van der Waals surface area (Å²) in [5.74, 6) is -0.354. The Labute approximate surface area is 136 Å². The normalized spacial score (nSPS) is 17.4. The second-order valence-corrected chi connectivity index (χ2v) is 4.97. The van der Waals surface area contributed by atoms with Gasteiger partial charge in [0.15, 0.2) is 6.23 Å². The van der Waals surface area contributed by atoms with Crippen LogP contribution in [0.4, 0.5) is 5.69 Å². The van der Waals surface area contributed by atoms with Crippen molar-refractivity contribution in [3.8, 4) is 0 Å². The SMILES string of the molecule is C=C(/C=C\C(N)OC)C1Nc2cccc(C)c2C(=O)O1.COC. The molecule has 0 fully saturated rings. The number of cyclic esters (lactones) is 1. The van der Waals surface area contributed by atoms with Crippen LogP contribution in [-0.4, -0.2) is 39.8 Å². The summed E-state index contributed by atoms with van der Waals surface area (Å²) in [7, 11) is 4.76. The van der Waals surface area contributed by atoms with Crippen molar-refractivity contribution < 1.29 is 19.0 Å². The van der Waals surface area contributed by atoms with E-state index in [4.69, 9.17) is 15.2 Å². The number of benzene rings is 1. The van der Waals surface area contributed by atoms with Crippen LogP contribution in [0, 0.1) is 6.92 Å². The highest BCUT2D eigenvalue weighted by Gasteiger charge is 2.27. The van der Waals surface area contributed by atoms with Crippen LogP contribution in [-0.2, 0) is 14.2 Å².